The van der Waals surface area contributed by atoms with Crippen LogP contribution in [0.15, 0.2) is 17.5 Å². The van der Waals surface area contributed by atoms with Gasteiger partial charge in [0.1, 0.15) is 0 Å². The third kappa shape index (κ3) is 6.22. The number of urea groups is 1. The molecule has 0 aliphatic carbocycles. The average molecular weight is 460 g/mol. The van der Waals surface area contributed by atoms with Gasteiger partial charge in [-0.15, -0.1) is 11.3 Å². The van der Waals surface area contributed by atoms with Crippen molar-refractivity contribution in [2.45, 2.75) is 32.6 Å². The lowest BCUT2D eigenvalue weighted by molar-refractivity contribution is -0.121. The van der Waals surface area contributed by atoms with Crippen molar-refractivity contribution in [1.82, 2.24) is 24.1 Å². The molecule has 0 aromatic carbocycles. The lowest BCUT2D eigenvalue weighted by atomic mass is 10.3. The van der Waals surface area contributed by atoms with Crippen LogP contribution in [0.2, 0.25) is 0 Å². The van der Waals surface area contributed by atoms with E-state index in [9.17, 15) is 18.0 Å². The third-order valence-electron chi connectivity index (χ3n) is 4.99. The van der Waals surface area contributed by atoms with E-state index in [1.165, 1.54) is 19.9 Å². The van der Waals surface area contributed by atoms with Crippen LogP contribution in [0.5, 0.6) is 0 Å². The van der Waals surface area contributed by atoms with Gasteiger partial charge in [0, 0.05) is 44.1 Å². The molecule has 3 rings (SSSR count). The van der Waals surface area contributed by atoms with Crippen LogP contribution < -0.4 is 10.6 Å². The first kappa shape index (κ1) is 23.1. The highest BCUT2D eigenvalue weighted by atomic mass is 32.2. The first-order chi connectivity index (χ1) is 14.2. The molecular formula is C18H29N5O5S2. The number of piperazine rings is 1. The summed E-state index contributed by atoms with van der Waals surface area (Å²) in [6, 6.07) is 3.26. The Morgan fingerprint density at radius 1 is 1.13 bits per heavy atom. The summed E-state index contributed by atoms with van der Waals surface area (Å²) >= 11 is 1.52. The minimum absolute atomic E-state index is 0.0476. The van der Waals surface area contributed by atoms with Crippen molar-refractivity contribution >= 4 is 33.5 Å². The maximum Gasteiger partial charge on any atom is 0.321 e. The van der Waals surface area contributed by atoms with Crippen molar-refractivity contribution in [2.75, 3.05) is 45.8 Å². The number of nitrogens with one attached hydrogen (secondary N) is 2. The topological polar surface area (TPSA) is 111 Å². The number of morpholine rings is 1. The van der Waals surface area contributed by atoms with Crippen LogP contribution >= 0.6 is 11.3 Å². The molecule has 3 amide bonds. The first-order valence-electron chi connectivity index (χ1n) is 9.97. The summed E-state index contributed by atoms with van der Waals surface area (Å²) in [4.78, 5) is 26.8. The second-order valence-electron chi connectivity index (χ2n) is 7.57. The molecule has 2 N–H and O–H groups in total. The largest absolute Gasteiger partial charge is 0.373 e. The summed E-state index contributed by atoms with van der Waals surface area (Å²) in [5.74, 6) is -0.411. The Kier molecular flexibility index (Phi) is 7.82. The number of hydrogen-bond acceptors (Lipinski definition) is 7. The predicted molar refractivity (Wildman–Crippen MR) is 113 cm³/mol. The number of carbonyl (C=O) groups excluding carboxylic acids is 2. The van der Waals surface area contributed by atoms with Gasteiger partial charge < -0.3 is 10.1 Å². The Hall–Kier alpha value is -1.57. The smallest absolute Gasteiger partial charge is 0.321 e. The number of hydrogen-bond donors (Lipinski definition) is 2. The number of imide groups is 1. The van der Waals surface area contributed by atoms with Crippen LogP contribution in [0.1, 0.15) is 18.7 Å². The second kappa shape index (κ2) is 10.2. The standard InChI is InChI=1S/C18H29N5O5S2/c1-14-11-23(12-15(2)28-14)30(26,27)22-7-5-21(6-8-22)13-17(24)20-18(25)19-10-16-4-3-9-29-16/h3-4,9,14-15H,5-8,10-13H2,1-2H3,(H2,19,20,24,25)/t14-,15-/m0/s1. The summed E-state index contributed by atoms with van der Waals surface area (Å²) in [5.41, 5.74) is 0. The SMILES string of the molecule is C[C@H]1CN(S(=O)(=O)N2CCN(CC(=O)NC(=O)NCc3cccs3)CC2)C[C@H](C)O1. The number of nitrogens with zero attached hydrogens (tertiary/aromatic N) is 3. The fraction of sp³-hybridized carbons (Fsp3) is 0.667. The van der Waals surface area contributed by atoms with E-state index in [0.717, 1.165) is 4.88 Å². The number of carbonyl (C=O) groups is 2. The van der Waals surface area contributed by atoms with Crippen molar-refractivity contribution in [3.63, 3.8) is 0 Å². The van der Waals surface area contributed by atoms with Crippen molar-refractivity contribution in [1.29, 1.82) is 0 Å². The minimum Gasteiger partial charge on any atom is -0.373 e. The van der Waals surface area contributed by atoms with Crippen molar-refractivity contribution in [2.24, 2.45) is 0 Å². The molecule has 10 nitrogen and oxygen atoms in total. The summed E-state index contributed by atoms with van der Waals surface area (Å²) < 4.78 is 34.4. The van der Waals surface area contributed by atoms with Crippen LogP contribution in [0, 0.1) is 0 Å². The molecule has 3 heterocycles. The van der Waals surface area contributed by atoms with Gasteiger partial charge in [-0.1, -0.05) is 6.07 Å². The molecule has 2 fully saturated rings. The van der Waals surface area contributed by atoms with Gasteiger partial charge in [0.2, 0.25) is 5.91 Å². The Morgan fingerprint density at radius 3 is 2.40 bits per heavy atom. The average Bonchev–Trinajstić information content (AvgIpc) is 3.19. The van der Waals surface area contributed by atoms with Crippen molar-refractivity contribution < 1.29 is 22.7 Å². The van der Waals surface area contributed by atoms with E-state index in [2.05, 4.69) is 10.6 Å². The van der Waals surface area contributed by atoms with Gasteiger partial charge in [-0.05, 0) is 25.3 Å². The van der Waals surface area contributed by atoms with Crippen molar-refractivity contribution in [3.8, 4) is 0 Å². The maximum absolute atomic E-state index is 12.9. The molecule has 0 spiro atoms. The Balaban J connectivity index is 1.41. The van der Waals surface area contributed by atoms with Gasteiger partial charge in [-0.3, -0.25) is 15.0 Å². The van der Waals surface area contributed by atoms with E-state index >= 15 is 0 Å². The highest BCUT2D eigenvalue weighted by molar-refractivity contribution is 7.86. The quantitative estimate of drug-likeness (QED) is 0.622. The summed E-state index contributed by atoms with van der Waals surface area (Å²) in [5, 5.41) is 6.87. The number of thiophene rings is 1. The van der Waals surface area contributed by atoms with Crippen LogP contribution in [-0.2, 0) is 26.3 Å². The minimum atomic E-state index is -3.55. The fourth-order valence-electron chi connectivity index (χ4n) is 3.59. The van der Waals surface area contributed by atoms with Gasteiger partial charge >= 0.3 is 6.03 Å². The van der Waals surface area contributed by atoms with Gasteiger partial charge in [0.05, 0.1) is 25.3 Å². The van der Waals surface area contributed by atoms with E-state index in [1.807, 2.05) is 36.3 Å². The predicted octanol–water partition coefficient (Wildman–Crippen LogP) is 0.0455. The lowest BCUT2D eigenvalue weighted by Gasteiger charge is -2.40. The molecule has 1 aromatic heterocycles. The van der Waals surface area contributed by atoms with Crippen LogP contribution in [0.3, 0.4) is 0 Å². The Labute approximate surface area is 181 Å². The summed E-state index contributed by atoms with van der Waals surface area (Å²) in [6.45, 7) is 6.30. The molecule has 0 bridgehead atoms. The molecule has 1 aromatic rings. The lowest BCUT2D eigenvalue weighted by Crippen LogP contribution is -2.58. The molecule has 2 aliphatic heterocycles. The van der Waals surface area contributed by atoms with Crippen molar-refractivity contribution in [3.05, 3.63) is 22.4 Å². The molecule has 2 aliphatic rings. The number of rotatable bonds is 6. The summed E-state index contributed by atoms with van der Waals surface area (Å²) in [7, 11) is -3.55. The second-order valence-corrected chi connectivity index (χ2v) is 10.5. The molecule has 2 saturated heterocycles. The third-order valence-corrected chi connectivity index (χ3v) is 7.84. The zero-order valence-corrected chi connectivity index (χ0v) is 18.9. The Bertz CT molecular complexity index is 814. The molecule has 30 heavy (non-hydrogen) atoms. The highest BCUT2D eigenvalue weighted by Gasteiger charge is 2.36. The van der Waals surface area contributed by atoms with Crippen LogP contribution in [0.25, 0.3) is 0 Å². The van der Waals surface area contributed by atoms with E-state index in [-0.39, 0.29) is 18.8 Å². The fourth-order valence-corrected chi connectivity index (χ4v) is 5.99. The molecule has 2 atom stereocenters. The molecule has 0 radical (unpaired) electrons. The normalized spacial score (nSPS) is 24.5. The Morgan fingerprint density at radius 2 is 1.80 bits per heavy atom. The molecular weight excluding hydrogens is 430 g/mol. The van der Waals surface area contributed by atoms with E-state index in [0.29, 0.717) is 45.8 Å². The maximum atomic E-state index is 12.9. The van der Waals surface area contributed by atoms with E-state index < -0.39 is 22.1 Å². The monoisotopic (exact) mass is 459 g/mol. The van der Waals surface area contributed by atoms with E-state index in [1.54, 1.807) is 0 Å². The van der Waals surface area contributed by atoms with Crippen LogP contribution in [-0.4, -0.2) is 91.9 Å². The van der Waals surface area contributed by atoms with Gasteiger partial charge in [-0.25, -0.2) is 4.79 Å². The zero-order chi connectivity index (χ0) is 21.7. The molecule has 168 valence electrons. The first-order valence-corrected chi connectivity index (χ1v) is 12.2. The zero-order valence-electron chi connectivity index (χ0n) is 17.2. The van der Waals surface area contributed by atoms with Crippen LogP contribution in [0.4, 0.5) is 4.79 Å². The van der Waals surface area contributed by atoms with Gasteiger partial charge in [-0.2, -0.15) is 17.0 Å². The van der Waals surface area contributed by atoms with Gasteiger partial charge in [0.25, 0.3) is 10.2 Å². The number of amides is 3. The molecule has 12 heteroatoms. The van der Waals surface area contributed by atoms with E-state index in [4.69, 9.17) is 4.74 Å². The highest BCUT2D eigenvalue weighted by Crippen LogP contribution is 2.18. The molecule has 0 saturated carbocycles. The molecule has 0 unspecified atom stereocenters. The number of ether oxygens (including phenoxy) is 1. The summed E-state index contributed by atoms with van der Waals surface area (Å²) in [6.07, 6.45) is -0.279. The van der Waals surface area contributed by atoms with Gasteiger partial charge in [0.15, 0.2) is 0 Å².